The van der Waals surface area contributed by atoms with Gasteiger partial charge in [-0.25, -0.2) is 4.98 Å². The summed E-state index contributed by atoms with van der Waals surface area (Å²) in [6.45, 7) is 5.26. The topological polar surface area (TPSA) is 58.4 Å². The summed E-state index contributed by atoms with van der Waals surface area (Å²) < 4.78 is 2.18. The summed E-state index contributed by atoms with van der Waals surface area (Å²) in [4.78, 5) is 17.2. The molecule has 1 aromatic heterocycles. The van der Waals surface area contributed by atoms with E-state index in [0.717, 1.165) is 24.5 Å². The molecule has 0 amide bonds. The number of carbonyl (C=O) groups is 1. The number of nitrogens with zero attached hydrogens (tertiary/aromatic N) is 3. The maximum absolute atomic E-state index is 10.7. The van der Waals surface area contributed by atoms with Crippen molar-refractivity contribution in [3.05, 3.63) is 11.9 Å². The molecule has 19 heavy (non-hydrogen) atoms. The Labute approximate surface area is 119 Å². The maximum atomic E-state index is 10.7. The number of aromatic nitrogens is 2. The molecule has 1 aromatic rings. The van der Waals surface area contributed by atoms with Crippen LogP contribution >= 0.6 is 11.8 Å². The molecule has 1 atom stereocenters. The van der Waals surface area contributed by atoms with E-state index in [1.165, 1.54) is 17.5 Å². The molecule has 1 N–H and O–H groups in total. The second-order valence-corrected chi connectivity index (χ2v) is 5.82. The van der Waals surface area contributed by atoms with Gasteiger partial charge in [-0.1, -0.05) is 18.7 Å². The largest absolute Gasteiger partial charge is 0.481 e. The highest BCUT2D eigenvalue weighted by atomic mass is 32.2. The summed E-state index contributed by atoms with van der Waals surface area (Å²) in [5, 5.41) is 9.59. The molecular weight excluding hydrogens is 262 g/mol. The number of imidazole rings is 1. The summed E-state index contributed by atoms with van der Waals surface area (Å²) in [6, 6.07) is 0.330. The van der Waals surface area contributed by atoms with E-state index in [0.29, 0.717) is 6.04 Å². The zero-order chi connectivity index (χ0) is 14.4. The molecule has 0 saturated carbocycles. The van der Waals surface area contributed by atoms with Crippen LogP contribution in [0.15, 0.2) is 11.4 Å². The van der Waals surface area contributed by atoms with Crippen molar-refractivity contribution in [1.82, 2.24) is 14.5 Å². The van der Waals surface area contributed by atoms with Crippen molar-refractivity contribution in [1.29, 1.82) is 0 Å². The van der Waals surface area contributed by atoms with E-state index in [4.69, 9.17) is 5.11 Å². The third kappa shape index (κ3) is 4.87. The van der Waals surface area contributed by atoms with Crippen molar-refractivity contribution in [3.8, 4) is 0 Å². The minimum atomic E-state index is -0.807. The third-order valence-corrected chi connectivity index (χ3v) is 3.91. The lowest BCUT2D eigenvalue weighted by atomic mass is 10.2. The summed E-state index contributed by atoms with van der Waals surface area (Å²) >= 11 is 1.29. The van der Waals surface area contributed by atoms with Crippen LogP contribution in [0.2, 0.25) is 0 Å². The number of carboxylic acids is 1. The summed E-state index contributed by atoms with van der Waals surface area (Å²) in [5.41, 5.74) is 1.17. The van der Waals surface area contributed by atoms with Gasteiger partial charge < -0.3 is 14.6 Å². The Balaban J connectivity index is 2.82. The first-order chi connectivity index (χ1) is 8.95. The van der Waals surface area contributed by atoms with Crippen LogP contribution in [-0.2, 0) is 11.2 Å². The fourth-order valence-corrected chi connectivity index (χ4v) is 2.73. The highest BCUT2D eigenvalue weighted by Crippen LogP contribution is 2.25. The van der Waals surface area contributed by atoms with Gasteiger partial charge in [0, 0.05) is 17.9 Å². The molecule has 0 fully saturated rings. The molecule has 0 aliphatic carbocycles. The Hall–Kier alpha value is -1.01. The van der Waals surface area contributed by atoms with E-state index in [1.807, 2.05) is 6.20 Å². The molecule has 0 aliphatic rings. The van der Waals surface area contributed by atoms with Gasteiger partial charge in [0.25, 0.3) is 0 Å². The molecule has 5 nitrogen and oxygen atoms in total. The second kappa shape index (κ2) is 7.55. The lowest BCUT2D eigenvalue weighted by molar-refractivity contribution is -0.133. The van der Waals surface area contributed by atoms with Crippen LogP contribution in [0.5, 0.6) is 0 Å². The molecule has 0 aliphatic heterocycles. The Morgan fingerprint density at radius 2 is 2.26 bits per heavy atom. The fraction of sp³-hybridized carbons (Fsp3) is 0.692. The highest BCUT2D eigenvalue weighted by Gasteiger charge is 2.16. The Morgan fingerprint density at radius 3 is 2.79 bits per heavy atom. The van der Waals surface area contributed by atoms with Gasteiger partial charge in [-0.3, -0.25) is 4.79 Å². The number of aryl methyl sites for hydroxylation is 1. The SMILES string of the molecule is CCc1cnc(SCC(=O)O)n1C(C)CCN(C)C. The zero-order valence-corrected chi connectivity index (χ0v) is 12.9. The normalized spacial score (nSPS) is 12.9. The zero-order valence-electron chi connectivity index (χ0n) is 12.1. The highest BCUT2D eigenvalue weighted by molar-refractivity contribution is 7.99. The molecule has 1 rings (SSSR count). The molecule has 0 radical (unpaired) electrons. The van der Waals surface area contributed by atoms with Crippen molar-refractivity contribution in [2.75, 3.05) is 26.4 Å². The lowest BCUT2D eigenvalue weighted by Crippen LogP contribution is -2.19. The van der Waals surface area contributed by atoms with Gasteiger partial charge in [0.1, 0.15) is 0 Å². The van der Waals surface area contributed by atoms with Crippen LogP contribution in [0.1, 0.15) is 32.0 Å². The Bertz CT molecular complexity index is 418. The number of aliphatic carboxylic acids is 1. The molecule has 1 unspecified atom stereocenters. The monoisotopic (exact) mass is 285 g/mol. The quantitative estimate of drug-likeness (QED) is 0.742. The fourth-order valence-electron chi connectivity index (χ4n) is 1.92. The van der Waals surface area contributed by atoms with Crippen LogP contribution in [0.3, 0.4) is 0 Å². The van der Waals surface area contributed by atoms with Gasteiger partial charge in [0.2, 0.25) is 0 Å². The van der Waals surface area contributed by atoms with Crippen LogP contribution in [0.4, 0.5) is 0 Å². The van der Waals surface area contributed by atoms with Crippen molar-refractivity contribution in [2.24, 2.45) is 0 Å². The van der Waals surface area contributed by atoms with Gasteiger partial charge in [-0.05, 0) is 40.4 Å². The van der Waals surface area contributed by atoms with Gasteiger partial charge in [-0.2, -0.15) is 0 Å². The van der Waals surface area contributed by atoms with E-state index in [1.54, 1.807) is 0 Å². The minimum Gasteiger partial charge on any atom is -0.481 e. The predicted molar refractivity (Wildman–Crippen MR) is 77.8 cm³/mol. The lowest BCUT2D eigenvalue weighted by Gasteiger charge is -2.20. The summed E-state index contributed by atoms with van der Waals surface area (Å²) in [7, 11) is 4.11. The van der Waals surface area contributed by atoms with Crippen LogP contribution in [0, 0.1) is 0 Å². The van der Waals surface area contributed by atoms with Gasteiger partial charge in [0.05, 0.1) is 5.75 Å². The molecule has 0 bridgehead atoms. The number of rotatable bonds is 8. The first kappa shape index (κ1) is 16.0. The van der Waals surface area contributed by atoms with E-state index < -0.39 is 5.97 Å². The average molecular weight is 285 g/mol. The molecule has 108 valence electrons. The van der Waals surface area contributed by atoms with Crippen LogP contribution in [-0.4, -0.2) is 51.9 Å². The van der Waals surface area contributed by atoms with Crippen molar-refractivity contribution in [3.63, 3.8) is 0 Å². The molecular formula is C13H23N3O2S. The third-order valence-electron chi connectivity index (χ3n) is 2.96. The second-order valence-electron chi connectivity index (χ2n) is 4.88. The van der Waals surface area contributed by atoms with Crippen molar-refractivity contribution >= 4 is 17.7 Å². The Morgan fingerprint density at radius 1 is 1.58 bits per heavy atom. The maximum Gasteiger partial charge on any atom is 0.313 e. The van der Waals surface area contributed by atoms with Crippen LogP contribution < -0.4 is 0 Å². The number of hydrogen-bond donors (Lipinski definition) is 1. The van der Waals surface area contributed by atoms with Crippen molar-refractivity contribution < 1.29 is 9.90 Å². The standard InChI is InChI=1S/C13H23N3O2S/c1-5-11-8-14-13(19-9-12(17)18)16(11)10(2)6-7-15(3)4/h8,10H,5-7,9H2,1-4H3,(H,17,18). The number of thioether (sulfide) groups is 1. The minimum absolute atomic E-state index is 0.0561. The van der Waals surface area contributed by atoms with Crippen molar-refractivity contribution in [2.45, 2.75) is 37.9 Å². The molecule has 6 heteroatoms. The van der Waals surface area contributed by atoms with Gasteiger partial charge in [0.15, 0.2) is 5.16 Å². The molecule has 0 spiro atoms. The number of hydrogen-bond acceptors (Lipinski definition) is 4. The smallest absolute Gasteiger partial charge is 0.313 e. The van der Waals surface area contributed by atoms with E-state index in [2.05, 4.69) is 42.4 Å². The van der Waals surface area contributed by atoms with E-state index in [-0.39, 0.29) is 5.75 Å². The van der Waals surface area contributed by atoms with E-state index in [9.17, 15) is 4.79 Å². The van der Waals surface area contributed by atoms with Crippen LogP contribution in [0.25, 0.3) is 0 Å². The summed E-state index contributed by atoms with van der Waals surface area (Å²) in [5.74, 6) is -0.751. The Kier molecular flexibility index (Phi) is 6.37. The first-order valence-corrected chi connectivity index (χ1v) is 7.49. The summed E-state index contributed by atoms with van der Waals surface area (Å²) in [6.07, 6.45) is 3.79. The molecule has 0 aromatic carbocycles. The average Bonchev–Trinajstić information content (AvgIpc) is 2.76. The van der Waals surface area contributed by atoms with E-state index >= 15 is 0 Å². The van der Waals surface area contributed by atoms with Gasteiger partial charge >= 0.3 is 5.97 Å². The molecule has 1 heterocycles. The molecule has 0 saturated heterocycles. The predicted octanol–water partition coefficient (Wildman–Crippen LogP) is 2.13. The van der Waals surface area contributed by atoms with Gasteiger partial charge in [-0.15, -0.1) is 0 Å². The number of carboxylic acid groups (broad SMARTS) is 1. The first-order valence-electron chi connectivity index (χ1n) is 6.51.